The van der Waals surface area contributed by atoms with Gasteiger partial charge in [-0.1, -0.05) is 12.1 Å². The highest BCUT2D eigenvalue weighted by molar-refractivity contribution is 5.83. The molecule has 1 aromatic rings. The molecule has 136 valence electrons. The topological polar surface area (TPSA) is 79.0 Å². The van der Waals surface area contributed by atoms with Crippen molar-refractivity contribution in [3.8, 4) is 5.75 Å². The van der Waals surface area contributed by atoms with E-state index in [-0.39, 0.29) is 24.1 Å². The summed E-state index contributed by atoms with van der Waals surface area (Å²) >= 11 is 0. The van der Waals surface area contributed by atoms with Crippen molar-refractivity contribution >= 4 is 17.7 Å². The lowest BCUT2D eigenvalue weighted by atomic mass is 10.1. The molecule has 25 heavy (non-hydrogen) atoms. The maximum absolute atomic E-state index is 12.7. The van der Waals surface area contributed by atoms with Gasteiger partial charge in [-0.3, -0.25) is 14.4 Å². The summed E-state index contributed by atoms with van der Waals surface area (Å²) in [5, 5.41) is 2.61. The van der Waals surface area contributed by atoms with Gasteiger partial charge in [0.25, 0.3) is 0 Å². The number of ether oxygens (including phenoxy) is 1. The van der Waals surface area contributed by atoms with Gasteiger partial charge in [-0.2, -0.15) is 0 Å². The number of methoxy groups -OCH3 is 1. The van der Waals surface area contributed by atoms with E-state index in [1.807, 2.05) is 24.3 Å². The van der Waals surface area contributed by atoms with Gasteiger partial charge in [-0.15, -0.1) is 0 Å². The quantitative estimate of drug-likeness (QED) is 0.849. The smallest absolute Gasteiger partial charge is 0.227 e. The van der Waals surface area contributed by atoms with Crippen LogP contribution < -0.4 is 10.1 Å². The van der Waals surface area contributed by atoms with E-state index < -0.39 is 5.92 Å². The van der Waals surface area contributed by atoms with Gasteiger partial charge in [0.1, 0.15) is 5.75 Å². The van der Waals surface area contributed by atoms with Gasteiger partial charge in [0.2, 0.25) is 17.7 Å². The van der Waals surface area contributed by atoms with Gasteiger partial charge in [-0.25, -0.2) is 0 Å². The summed E-state index contributed by atoms with van der Waals surface area (Å²) in [6.07, 6.45) is 0.234. The fraction of sp³-hybridized carbons (Fsp3) is 0.500. The molecule has 7 heteroatoms. The number of carbonyl (C=O) groups is 3. The van der Waals surface area contributed by atoms with Gasteiger partial charge < -0.3 is 19.9 Å². The molecule has 1 heterocycles. The van der Waals surface area contributed by atoms with Crippen LogP contribution in [-0.2, 0) is 20.8 Å². The zero-order valence-corrected chi connectivity index (χ0v) is 14.9. The van der Waals surface area contributed by atoms with Crippen LogP contribution in [0.4, 0.5) is 0 Å². The van der Waals surface area contributed by atoms with Crippen LogP contribution in [0, 0.1) is 5.92 Å². The van der Waals surface area contributed by atoms with Crippen LogP contribution in [0.5, 0.6) is 5.75 Å². The highest BCUT2D eigenvalue weighted by atomic mass is 16.5. The average molecular weight is 347 g/mol. The van der Waals surface area contributed by atoms with E-state index in [2.05, 4.69) is 5.32 Å². The standard InChI is InChI=1S/C18H25N3O4/c1-13(22)20-7-8-21(12-15(11-20)18(24)19-2)17(23)10-14-5-4-6-16(9-14)25-3/h4-6,9,15H,7-8,10-12H2,1-3H3,(H,19,24). The summed E-state index contributed by atoms with van der Waals surface area (Å²) in [7, 11) is 3.15. The Kier molecular flexibility index (Phi) is 6.38. The van der Waals surface area contributed by atoms with Crippen LogP contribution >= 0.6 is 0 Å². The Bertz CT molecular complexity index is 647. The first-order chi connectivity index (χ1) is 11.9. The SMILES string of the molecule is CNC(=O)C1CN(C(C)=O)CCN(C(=O)Cc2cccc(OC)c2)C1. The fourth-order valence-corrected chi connectivity index (χ4v) is 2.97. The summed E-state index contributed by atoms with van der Waals surface area (Å²) in [5.74, 6) is -0.0336. The summed E-state index contributed by atoms with van der Waals surface area (Å²) in [5.41, 5.74) is 0.855. The Balaban J connectivity index is 2.11. The van der Waals surface area contributed by atoms with Crippen LogP contribution in [-0.4, -0.2) is 67.9 Å². The lowest BCUT2D eigenvalue weighted by Gasteiger charge is -2.23. The molecule has 1 aliphatic heterocycles. The molecular formula is C18H25N3O4. The molecule has 0 spiro atoms. The summed E-state index contributed by atoms with van der Waals surface area (Å²) in [6, 6.07) is 7.37. The molecule has 7 nitrogen and oxygen atoms in total. The number of nitrogens with zero attached hydrogens (tertiary/aromatic N) is 2. The van der Waals surface area contributed by atoms with Gasteiger partial charge in [0, 0.05) is 40.2 Å². The van der Waals surface area contributed by atoms with Gasteiger partial charge >= 0.3 is 0 Å². The first-order valence-corrected chi connectivity index (χ1v) is 8.32. The number of hydrogen-bond donors (Lipinski definition) is 1. The Morgan fingerprint density at radius 1 is 1.20 bits per heavy atom. The number of benzene rings is 1. The second-order valence-corrected chi connectivity index (χ2v) is 6.14. The Morgan fingerprint density at radius 3 is 2.52 bits per heavy atom. The maximum atomic E-state index is 12.7. The summed E-state index contributed by atoms with van der Waals surface area (Å²) in [4.78, 5) is 39.8. The number of amides is 3. The Hall–Kier alpha value is -2.57. The minimum Gasteiger partial charge on any atom is -0.497 e. The third-order valence-electron chi connectivity index (χ3n) is 4.43. The van der Waals surface area contributed by atoms with Crippen molar-refractivity contribution in [1.82, 2.24) is 15.1 Å². The molecule has 1 fully saturated rings. The van der Waals surface area contributed by atoms with Crippen LogP contribution in [0.3, 0.4) is 0 Å². The normalized spacial score (nSPS) is 17.6. The molecule has 1 saturated heterocycles. The zero-order chi connectivity index (χ0) is 18.4. The van der Waals surface area contributed by atoms with E-state index in [4.69, 9.17) is 4.74 Å². The number of hydrogen-bond acceptors (Lipinski definition) is 4. The van der Waals surface area contributed by atoms with E-state index in [1.54, 1.807) is 24.0 Å². The van der Waals surface area contributed by atoms with Gasteiger partial charge in [0.15, 0.2) is 0 Å². The second kappa shape index (κ2) is 8.50. The predicted octanol–water partition coefficient (Wildman–Crippen LogP) is 0.291. The highest BCUT2D eigenvalue weighted by Gasteiger charge is 2.30. The molecule has 1 unspecified atom stereocenters. The molecule has 2 rings (SSSR count). The van der Waals surface area contributed by atoms with Gasteiger partial charge in [-0.05, 0) is 17.7 Å². The van der Waals surface area contributed by atoms with E-state index in [0.29, 0.717) is 31.9 Å². The molecule has 3 amide bonds. The number of carbonyl (C=O) groups excluding carboxylic acids is 3. The molecule has 1 atom stereocenters. The van der Waals surface area contributed by atoms with E-state index in [9.17, 15) is 14.4 Å². The number of rotatable bonds is 4. The molecule has 1 N–H and O–H groups in total. The first kappa shape index (κ1) is 18.8. The van der Waals surface area contributed by atoms with Gasteiger partial charge in [0.05, 0.1) is 19.4 Å². The average Bonchev–Trinajstić information content (AvgIpc) is 2.84. The molecule has 0 aliphatic carbocycles. The van der Waals surface area contributed by atoms with Crippen LogP contribution in [0.15, 0.2) is 24.3 Å². The molecule has 0 radical (unpaired) electrons. The predicted molar refractivity (Wildman–Crippen MR) is 93.1 cm³/mol. The maximum Gasteiger partial charge on any atom is 0.227 e. The van der Waals surface area contributed by atoms with Crippen molar-refractivity contribution in [3.05, 3.63) is 29.8 Å². The first-order valence-electron chi connectivity index (χ1n) is 8.32. The molecule has 1 aliphatic rings. The van der Waals surface area contributed by atoms with E-state index >= 15 is 0 Å². The van der Waals surface area contributed by atoms with Crippen molar-refractivity contribution in [2.45, 2.75) is 13.3 Å². The summed E-state index contributed by atoms with van der Waals surface area (Å²) in [6.45, 7) is 2.99. The minimum absolute atomic E-state index is 0.0624. The summed E-state index contributed by atoms with van der Waals surface area (Å²) < 4.78 is 5.18. The zero-order valence-electron chi connectivity index (χ0n) is 14.9. The second-order valence-electron chi connectivity index (χ2n) is 6.14. The molecule has 1 aromatic carbocycles. The van der Waals surface area contributed by atoms with E-state index in [0.717, 1.165) is 5.56 Å². The van der Waals surface area contributed by atoms with Crippen molar-refractivity contribution in [2.24, 2.45) is 5.92 Å². The van der Waals surface area contributed by atoms with Crippen LogP contribution in [0.2, 0.25) is 0 Å². The number of nitrogens with one attached hydrogen (secondary N) is 1. The van der Waals surface area contributed by atoms with Crippen LogP contribution in [0.1, 0.15) is 12.5 Å². The van der Waals surface area contributed by atoms with Crippen molar-refractivity contribution in [1.29, 1.82) is 0 Å². The van der Waals surface area contributed by atoms with Crippen LogP contribution in [0.25, 0.3) is 0 Å². The molecule has 0 bridgehead atoms. The Morgan fingerprint density at radius 2 is 1.88 bits per heavy atom. The lowest BCUT2D eigenvalue weighted by molar-refractivity contribution is -0.132. The third kappa shape index (κ3) is 4.95. The molecular weight excluding hydrogens is 322 g/mol. The Labute approximate surface area is 147 Å². The highest BCUT2D eigenvalue weighted by Crippen LogP contribution is 2.16. The molecule has 0 aromatic heterocycles. The largest absolute Gasteiger partial charge is 0.497 e. The van der Waals surface area contributed by atoms with Crippen molar-refractivity contribution in [2.75, 3.05) is 40.3 Å². The van der Waals surface area contributed by atoms with E-state index in [1.165, 1.54) is 6.92 Å². The third-order valence-corrected chi connectivity index (χ3v) is 4.43. The lowest BCUT2D eigenvalue weighted by Crippen LogP contribution is -2.42. The van der Waals surface area contributed by atoms with Crippen molar-refractivity contribution in [3.63, 3.8) is 0 Å². The monoisotopic (exact) mass is 347 g/mol. The van der Waals surface area contributed by atoms with Crippen molar-refractivity contribution < 1.29 is 19.1 Å². The molecule has 0 saturated carbocycles. The minimum atomic E-state index is -0.425. The fourth-order valence-electron chi connectivity index (χ4n) is 2.97.